The van der Waals surface area contributed by atoms with E-state index in [1.807, 2.05) is 19.9 Å². The molecular weight excluding hydrogens is 272 g/mol. The Hall–Kier alpha value is -0.910. The van der Waals surface area contributed by atoms with Crippen LogP contribution in [-0.2, 0) is 10.0 Å². The molecule has 2 rings (SSSR count). The predicted octanol–water partition coefficient (Wildman–Crippen LogP) is 2.71. The molecule has 1 unspecified atom stereocenters. The molecule has 5 heteroatoms. The minimum absolute atomic E-state index is 0.118. The van der Waals surface area contributed by atoms with Gasteiger partial charge >= 0.3 is 0 Å². The topological polar surface area (TPSA) is 72.2 Å². The lowest BCUT2D eigenvalue weighted by atomic mass is 10.0. The summed E-state index contributed by atoms with van der Waals surface area (Å²) < 4.78 is 27.9. The second kappa shape index (κ2) is 5.84. The molecule has 0 radical (unpaired) electrons. The van der Waals surface area contributed by atoms with Gasteiger partial charge in [0, 0.05) is 11.6 Å². The van der Waals surface area contributed by atoms with Crippen molar-refractivity contribution in [3.63, 3.8) is 0 Å². The number of rotatable bonds is 5. The largest absolute Gasteiger partial charge is 0.324 e. The lowest BCUT2D eigenvalue weighted by molar-refractivity contribution is 0.427. The maximum absolute atomic E-state index is 12.5. The molecule has 1 aliphatic rings. The van der Waals surface area contributed by atoms with Crippen molar-refractivity contribution in [2.45, 2.75) is 62.4 Å². The van der Waals surface area contributed by atoms with Crippen molar-refractivity contribution in [3.05, 3.63) is 29.8 Å². The first-order valence-electron chi connectivity index (χ1n) is 7.26. The summed E-state index contributed by atoms with van der Waals surface area (Å²) in [5.74, 6) is 0. The number of hydrogen-bond donors (Lipinski definition) is 2. The zero-order chi connectivity index (χ0) is 14.8. The Labute approximate surface area is 121 Å². The zero-order valence-electron chi connectivity index (χ0n) is 12.2. The van der Waals surface area contributed by atoms with Gasteiger partial charge in [-0.15, -0.1) is 0 Å². The van der Waals surface area contributed by atoms with Crippen LogP contribution >= 0.6 is 0 Å². The molecule has 112 valence electrons. The molecule has 1 aromatic rings. The number of nitrogens with two attached hydrogens (primary N) is 1. The second-order valence-corrected chi connectivity index (χ2v) is 7.64. The highest BCUT2D eigenvalue weighted by molar-refractivity contribution is 7.89. The third-order valence-corrected chi connectivity index (χ3v) is 5.76. The van der Waals surface area contributed by atoms with Crippen molar-refractivity contribution in [2.24, 2.45) is 5.73 Å². The Morgan fingerprint density at radius 3 is 2.60 bits per heavy atom. The molecule has 0 saturated heterocycles. The first-order chi connectivity index (χ1) is 9.36. The molecule has 1 saturated carbocycles. The van der Waals surface area contributed by atoms with E-state index in [1.165, 1.54) is 0 Å². The van der Waals surface area contributed by atoms with Crippen LogP contribution in [0.1, 0.15) is 57.6 Å². The molecule has 0 bridgehead atoms. The lowest BCUT2D eigenvalue weighted by Crippen LogP contribution is -2.43. The van der Waals surface area contributed by atoms with E-state index in [4.69, 9.17) is 5.73 Å². The second-order valence-electron chi connectivity index (χ2n) is 5.96. The van der Waals surface area contributed by atoms with Gasteiger partial charge in [0.1, 0.15) is 0 Å². The van der Waals surface area contributed by atoms with Crippen LogP contribution in [0.5, 0.6) is 0 Å². The van der Waals surface area contributed by atoms with Gasteiger partial charge in [-0.3, -0.25) is 0 Å². The number of sulfonamides is 1. The molecule has 1 aromatic carbocycles. The summed E-state index contributed by atoms with van der Waals surface area (Å²) in [6, 6.07) is 6.84. The molecule has 20 heavy (non-hydrogen) atoms. The summed E-state index contributed by atoms with van der Waals surface area (Å²) in [6.07, 6.45) is 4.76. The summed E-state index contributed by atoms with van der Waals surface area (Å²) in [7, 11) is -3.47. The summed E-state index contributed by atoms with van der Waals surface area (Å²) in [5.41, 5.74) is 6.54. The van der Waals surface area contributed by atoms with Crippen molar-refractivity contribution in [3.8, 4) is 0 Å². The molecule has 1 atom stereocenters. The van der Waals surface area contributed by atoms with Crippen molar-refractivity contribution in [1.29, 1.82) is 0 Å². The fraction of sp³-hybridized carbons (Fsp3) is 0.600. The van der Waals surface area contributed by atoms with Crippen LogP contribution in [-0.4, -0.2) is 14.0 Å². The van der Waals surface area contributed by atoms with Crippen LogP contribution in [0.3, 0.4) is 0 Å². The highest BCUT2D eigenvalue weighted by atomic mass is 32.2. The molecule has 0 aromatic heterocycles. The molecule has 3 N–H and O–H groups in total. The zero-order valence-corrected chi connectivity index (χ0v) is 13.0. The monoisotopic (exact) mass is 296 g/mol. The van der Waals surface area contributed by atoms with Gasteiger partial charge in [0.15, 0.2) is 0 Å². The van der Waals surface area contributed by atoms with E-state index in [1.54, 1.807) is 18.2 Å². The Kier molecular flexibility index (Phi) is 4.52. The Morgan fingerprint density at radius 1 is 1.35 bits per heavy atom. The highest BCUT2D eigenvalue weighted by Gasteiger charge is 2.33. The highest BCUT2D eigenvalue weighted by Crippen LogP contribution is 2.31. The maximum atomic E-state index is 12.5. The fourth-order valence-corrected chi connectivity index (χ4v) is 4.31. The Balaban J connectivity index is 2.25. The minimum atomic E-state index is -3.47. The number of hydrogen-bond acceptors (Lipinski definition) is 3. The third-order valence-electron chi connectivity index (χ3n) is 4.12. The molecule has 4 nitrogen and oxygen atoms in total. The minimum Gasteiger partial charge on any atom is -0.324 e. The molecule has 1 fully saturated rings. The van der Waals surface area contributed by atoms with E-state index >= 15 is 0 Å². The summed E-state index contributed by atoms with van der Waals surface area (Å²) in [4.78, 5) is 0.312. The van der Waals surface area contributed by atoms with Gasteiger partial charge in [0.05, 0.1) is 4.90 Å². The van der Waals surface area contributed by atoms with Gasteiger partial charge in [-0.1, -0.05) is 31.9 Å². The summed E-state index contributed by atoms with van der Waals surface area (Å²) in [5, 5.41) is 0. The number of nitrogens with one attached hydrogen (secondary N) is 1. The molecule has 0 spiro atoms. The number of benzene rings is 1. The van der Waals surface area contributed by atoms with Crippen molar-refractivity contribution < 1.29 is 8.42 Å². The Morgan fingerprint density at radius 2 is 2.00 bits per heavy atom. The van der Waals surface area contributed by atoms with Gasteiger partial charge in [0.25, 0.3) is 0 Å². The molecule has 0 amide bonds. The Bertz CT molecular complexity index is 563. The normalized spacial score (nSPS) is 19.9. The maximum Gasteiger partial charge on any atom is 0.241 e. The van der Waals surface area contributed by atoms with E-state index in [9.17, 15) is 8.42 Å². The van der Waals surface area contributed by atoms with Crippen LogP contribution in [0, 0.1) is 0 Å². The molecular formula is C15H24N2O2S. The van der Waals surface area contributed by atoms with E-state index in [0.717, 1.165) is 37.7 Å². The van der Waals surface area contributed by atoms with Gasteiger partial charge in [-0.25, -0.2) is 13.1 Å². The van der Waals surface area contributed by atoms with E-state index in [2.05, 4.69) is 4.72 Å². The van der Waals surface area contributed by atoms with Crippen LogP contribution in [0.25, 0.3) is 0 Å². The SMILES string of the molecule is CCC(N)c1cccc(S(=O)(=O)NC2(C)CCCC2)c1. The van der Waals surface area contributed by atoms with Gasteiger partial charge < -0.3 is 5.73 Å². The van der Waals surface area contributed by atoms with E-state index in [-0.39, 0.29) is 11.6 Å². The van der Waals surface area contributed by atoms with Crippen LogP contribution in [0.4, 0.5) is 0 Å². The first kappa shape index (κ1) is 15.5. The smallest absolute Gasteiger partial charge is 0.241 e. The van der Waals surface area contributed by atoms with E-state index < -0.39 is 10.0 Å². The first-order valence-corrected chi connectivity index (χ1v) is 8.74. The van der Waals surface area contributed by atoms with Crippen LogP contribution in [0.15, 0.2) is 29.2 Å². The average molecular weight is 296 g/mol. The predicted molar refractivity (Wildman–Crippen MR) is 80.9 cm³/mol. The van der Waals surface area contributed by atoms with E-state index in [0.29, 0.717) is 4.90 Å². The lowest BCUT2D eigenvalue weighted by Gasteiger charge is -2.25. The van der Waals surface area contributed by atoms with Crippen LogP contribution < -0.4 is 10.5 Å². The van der Waals surface area contributed by atoms with Crippen molar-refractivity contribution in [2.75, 3.05) is 0 Å². The summed E-state index contributed by atoms with van der Waals surface area (Å²) >= 11 is 0. The average Bonchev–Trinajstić information content (AvgIpc) is 2.83. The quantitative estimate of drug-likeness (QED) is 0.877. The third kappa shape index (κ3) is 3.40. The molecule has 0 aliphatic heterocycles. The van der Waals surface area contributed by atoms with Crippen molar-refractivity contribution >= 4 is 10.0 Å². The fourth-order valence-electron chi connectivity index (χ4n) is 2.79. The van der Waals surface area contributed by atoms with Gasteiger partial charge in [-0.05, 0) is 43.9 Å². The summed E-state index contributed by atoms with van der Waals surface area (Å²) in [6.45, 7) is 3.98. The van der Waals surface area contributed by atoms with Gasteiger partial charge in [-0.2, -0.15) is 0 Å². The molecule has 0 heterocycles. The van der Waals surface area contributed by atoms with Crippen molar-refractivity contribution in [1.82, 2.24) is 4.72 Å². The molecule has 1 aliphatic carbocycles. The van der Waals surface area contributed by atoms with Gasteiger partial charge in [0.2, 0.25) is 10.0 Å². The standard InChI is InChI=1S/C15H24N2O2S/c1-3-14(16)12-7-6-8-13(11-12)20(18,19)17-15(2)9-4-5-10-15/h6-8,11,14,17H,3-5,9-10,16H2,1-2H3. The van der Waals surface area contributed by atoms with Crippen LogP contribution in [0.2, 0.25) is 0 Å².